The van der Waals surface area contributed by atoms with Crippen molar-refractivity contribution in [2.75, 3.05) is 0 Å². The Morgan fingerprint density at radius 2 is 1.82 bits per heavy atom. The lowest BCUT2D eigenvalue weighted by Gasteiger charge is -2.24. The molecular weight excluding hydrogens is 134 g/mol. The van der Waals surface area contributed by atoms with E-state index in [4.69, 9.17) is 5.73 Å². The SMILES string of the molecule is C=C(C)CCC(C)(C)C(=C)N. The van der Waals surface area contributed by atoms with E-state index in [-0.39, 0.29) is 5.41 Å². The van der Waals surface area contributed by atoms with Crippen LogP contribution in [0.2, 0.25) is 0 Å². The van der Waals surface area contributed by atoms with Crippen LogP contribution >= 0.6 is 0 Å². The smallest absolute Gasteiger partial charge is 0.00650 e. The second-order valence-electron chi connectivity index (χ2n) is 3.87. The van der Waals surface area contributed by atoms with Crippen LogP contribution in [-0.4, -0.2) is 0 Å². The van der Waals surface area contributed by atoms with Crippen molar-refractivity contribution in [3.63, 3.8) is 0 Å². The molecule has 0 rings (SSSR count). The molecule has 0 aliphatic carbocycles. The Balaban J connectivity index is 3.92. The number of rotatable bonds is 4. The summed E-state index contributed by atoms with van der Waals surface area (Å²) in [4.78, 5) is 0. The van der Waals surface area contributed by atoms with Gasteiger partial charge in [0.15, 0.2) is 0 Å². The number of allylic oxidation sites excluding steroid dienone is 2. The van der Waals surface area contributed by atoms with Crippen LogP contribution in [0.5, 0.6) is 0 Å². The molecule has 0 aromatic heterocycles. The molecule has 0 fully saturated rings. The Hall–Kier alpha value is -0.720. The Morgan fingerprint density at radius 3 is 2.09 bits per heavy atom. The summed E-state index contributed by atoms with van der Waals surface area (Å²) in [7, 11) is 0. The molecule has 1 heteroatoms. The van der Waals surface area contributed by atoms with Gasteiger partial charge in [-0.3, -0.25) is 0 Å². The summed E-state index contributed by atoms with van der Waals surface area (Å²) >= 11 is 0. The number of hydrogen-bond acceptors (Lipinski definition) is 1. The maximum atomic E-state index is 5.63. The largest absolute Gasteiger partial charge is 0.402 e. The maximum absolute atomic E-state index is 5.63. The fourth-order valence-electron chi connectivity index (χ4n) is 0.686. The van der Waals surface area contributed by atoms with Gasteiger partial charge in [-0.1, -0.05) is 26.0 Å². The zero-order valence-corrected chi connectivity index (χ0v) is 7.91. The van der Waals surface area contributed by atoms with Crippen molar-refractivity contribution in [2.45, 2.75) is 33.6 Å². The van der Waals surface area contributed by atoms with E-state index in [2.05, 4.69) is 27.0 Å². The van der Waals surface area contributed by atoms with E-state index in [1.807, 2.05) is 6.92 Å². The van der Waals surface area contributed by atoms with Crippen LogP contribution in [0.25, 0.3) is 0 Å². The molecule has 0 spiro atoms. The first kappa shape index (κ1) is 10.3. The Kier molecular flexibility index (Phi) is 3.37. The molecule has 0 amide bonds. The minimum atomic E-state index is 0.0545. The van der Waals surface area contributed by atoms with Crippen molar-refractivity contribution in [1.82, 2.24) is 0 Å². The topological polar surface area (TPSA) is 26.0 Å². The van der Waals surface area contributed by atoms with E-state index in [9.17, 15) is 0 Å². The van der Waals surface area contributed by atoms with Gasteiger partial charge in [-0.15, -0.1) is 6.58 Å². The molecule has 0 atom stereocenters. The minimum Gasteiger partial charge on any atom is -0.402 e. The molecule has 0 aliphatic heterocycles. The van der Waals surface area contributed by atoms with Gasteiger partial charge in [0.05, 0.1) is 0 Å². The lowest BCUT2D eigenvalue weighted by molar-refractivity contribution is 0.405. The van der Waals surface area contributed by atoms with E-state index < -0.39 is 0 Å². The Labute approximate surface area is 70.0 Å². The van der Waals surface area contributed by atoms with Crippen LogP contribution in [0.1, 0.15) is 33.6 Å². The van der Waals surface area contributed by atoms with E-state index in [1.54, 1.807) is 0 Å². The van der Waals surface area contributed by atoms with Gasteiger partial charge in [-0.2, -0.15) is 0 Å². The predicted molar refractivity (Wildman–Crippen MR) is 51.2 cm³/mol. The van der Waals surface area contributed by atoms with Gasteiger partial charge in [0.25, 0.3) is 0 Å². The zero-order valence-electron chi connectivity index (χ0n) is 7.91. The second kappa shape index (κ2) is 3.61. The van der Waals surface area contributed by atoms with Gasteiger partial charge < -0.3 is 5.73 Å². The first-order valence-electron chi connectivity index (χ1n) is 3.95. The third kappa shape index (κ3) is 3.87. The number of nitrogens with two attached hydrogens (primary N) is 1. The molecule has 0 unspecified atom stereocenters. The van der Waals surface area contributed by atoms with Crippen LogP contribution in [0.15, 0.2) is 24.4 Å². The van der Waals surface area contributed by atoms with E-state index in [1.165, 1.54) is 5.57 Å². The van der Waals surface area contributed by atoms with E-state index in [0.29, 0.717) is 0 Å². The molecule has 11 heavy (non-hydrogen) atoms. The van der Waals surface area contributed by atoms with Crippen LogP contribution in [0.4, 0.5) is 0 Å². The molecule has 0 radical (unpaired) electrons. The van der Waals surface area contributed by atoms with Gasteiger partial charge in [0, 0.05) is 11.1 Å². The molecule has 1 nitrogen and oxygen atoms in total. The fourth-order valence-corrected chi connectivity index (χ4v) is 0.686. The molecule has 64 valence electrons. The second-order valence-corrected chi connectivity index (χ2v) is 3.87. The number of hydrogen-bond donors (Lipinski definition) is 1. The summed E-state index contributed by atoms with van der Waals surface area (Å²) in [5.74, 6) is 0. The Morgan fingerprint density at radius 1 is 1.36 bits per heavy atom. The van der Waals surface area contributed by atoms with Crippen LogP contribution in [-0.2, 0) is 0 Å². The lowest BCUT2D eigenvalue weighted by Crippen LogP contribution is -2.19. The molecular formula is C10H19N. The van der Waals surface area contributed by atoms with Crippen molar-refractivity contribution < 1.29 is 0 Å². The highest BCUT2D eigenvalue weighted by Crippen LogP contribution is 2.28. The van der Waals surface area contributed by atoms with Crippen LogP contribution in [0, 0.1) is 5.41 Å². The first-order chi connectivity index (χ1) is 4.86. The minimum absolute atomic E-state index is 0.0545. The highest BCUT2D eigenvalue weighted by molar-refractivity contribution is 5.03. The molecule has 0 aromatic rings. The molecule has 0 aliphatic rings. The average Bonchev–Trinajstić information content (AvgIpc) is 1.84. The third-order valence-corrected chi connectivity index (χ3v) is 2.05. The van der Waals surface area contributed by atoms with Crippen molar-refractivity contribution in [3.05, 3.63) is 24.4 Å². The summed E-state index contributed by atoms with van der Waals surface area (Å²) in [5.41, 5.74) is 7.66. The van der Waals surface area contributed by atoms with Gasteiger partial charge >= 0.3 is 0 Å². The first-order valence-corrected chi connectivity index (χ1v) is 3.95. The summed E-state index contributed by atoms with van der Waals surface area (Å²) < 4.78 is 0. The molecule has 0 bridgehead atoms. The maximum Gasteiger partial charge on any atom is 0.00650 e. The summed E-state index contributed by atoms with van der Waals surface area (Å²) in [6.45, 7) is 13.9. The molecule has 2 N–H and O–H groups in total. The van der Waals surface area contributed by atoms with Gasteiger partial charge in [-0.05, 0) is 19.8 Å². The quantitative estimate of drug-likeness (QED) is 0.617. The summed E-state index contributed by atoms with van der Waals surface area (Å²) in [6.07, 6.45) is 2.07. The molecule has 0 saturated heterocycles. The standard InChI is InChI=1S/C10H19N/c1-8(2)6-7-10(4,5)9(3)11/h1,3,6-7,11H2,2,4-5H3. The molecule has 0 saturated carbocycles. The highest BCUT2D eigenvalue weighted by Gasteiger charge is 2.18. The summed E-state index contributed by atoms with van der Waals surface area (Å²) in [5, 5.41) is 0. The van der Waals surface area contributed by atoms with Crippen molar-refractivity contribution in [1.29, 1.82) is 0 Å². The van der Waals surface area contributed by atoms with Crippen LogP contribution < -0.4 is 5.73 Å². The molecule has 0 heterocycles. The van der Waals surface area contributed by atoms with E-state index in [0.717, 1.165) is 18.5 Å². The van der Waals surface area contributed by atoms with Crippen molar-refractivity contribution in [3.8, 4) is 0 Å². The van der Waals surface area contributed by atoms with E-state index >= 15 is 0 Å². The normalized spacial score (nSPS) is 11.2. The lowest BCUT2D eigenvalue weighted by atomic mass is 9.84. The van der Waals surface area contributed by atoms with Crippen LogP contribution in [0.3, 0.4) is 0 Å². The average molecular weight is 153 g/mol. The highest BCUT2D eigenvalue weighted by atomic mass is 14.6. The predicted octanol–water partition coefficient (Wildman–Crippen LogP) is 2.84. The fraction of sp³-hybridized carbons (Fsp3) is 0.600. The zero-order chi connectivity index (χ0) is 9.07. The summed E-state index contributed by atoms with van der Waals surface area (Å²) in [6, 6.07) is 0. The van der Waals surface area contributed by atoms with Crippen molar-refractivity contribution >= 4 is 0 Å². The monoisotopic (exact) mass is 153 g/mol. The third-order valence-electron chi connectivity index (χ3n) is 2.05. The van der Waals surface area contributed by atoms with Gasteiger partial charge in [0.1, 0.15) is 0 Å². The van der Waals surface area contributed by atoms with Crippen molar-refractivity contribution in [2.24, 2.45) is 11.1 Å². The van der Waals surface area contributed by atoms with Gasteiger partial charge in [0.2, 0.25) is 0 Å². The Bertz CT molecular complexity index is 166. The molecule has 0 aromatic carbocycles. The van der Waals surface area contributed by atoms with Gasteiger partial charge in [-0.25, -0.2) is 0 Å².